The van der Waals surface area contributed by atoms with Gasteiger partial charge in [0.25, 0.3) is 0 Å². The third-order valence-electron chi connectivity index (χ3n) is 2.56. The number of benzene rings is 1. The Labute approximate surface area is 114 Å². The van der Waals surface area contributed by atoms with E-state index < -0.39 is 12.7 Å². The Morgan fingerprint density at radius 2 is 2.10 bits per heavy atom. The molecular weight excluding hydrogens is 271 g/mol. The summed E-state index contributed by atoms with van der Waals surface area (Å²) in [4.78, 5) is 4.05. The lowest BCUT2D eigenvalue weighted by atomic mass is 10.1. The van der Waals surface area contributed by atoms with Crippen LogP contribution in [0, 0.1) is 6.92 Å². The predicted octanol–water partition coefficient (Wildman–Crippen LogP) is 2.62. The van der Waals surface area contributed by atoms with E-state index in [0.29, 0.717) is 12.2 Å². The first-order valence-corrected chi connectivity index (χ1v) is 6.07. The van der Waals surface area contributed by atoms with Crippen molar-refractivity contribution in [1.29, 1.82) is 0 Å². The number of alkyl halides is 3. The number of hydrogen-bond acceptors (Lipinski definition) is 4. The Morgan fingerprint density at radius 1 is 1.30 bits per heavy atom. The number of nitrogens with zero attached hydrogens (tertiary/aromatic N) is 2. The molecular formula is C13H14F3N3O. The van der Waals surface area contributed by atoms with Crippen molar-refractivity contribution < 1.29 is 17.7 Å². The first-order chi connectivity index (χ1) is 9.42. The van der Waals surface area contributed by atoms with Gasteiger partial charge in [-0.15, -0.1) is 0 Å². The first kappa shape index (κ1) is 14.5. The Balaban J connectivity index is 1.89. The molecule has 1 heterocycles. The molecule has 7 heteroatoms. The molecule has 1 aromatic heterocycles. The average Bonchev–Trinajstić information content (AvgIpc) is 2.75. The van der Waals surface area contributed by atoms with Crippen LogP contribution >= 0.6 is 0 Å². The number of aromatic nitrogens is 2. The van der Waals surface area contributed by atoms with Crippen LogP contribution in [0.4, 0.5) is 13.2 Å². The van der Waals surface area contributed by atoms with E-state index in [4.69, 9.17) is 4.52 Å². The number of hydrogen-bond donors (Lipinski definition) is 1. The molecule has 0 saturated carbocycles. The molecule has 2 aromatic rings. The molecule has 0 aliphatic carbocycles. The monoisotopic (exact) mass is 285 g/mol. The van der Waals surface area contributed by atoms with Gasteiger partial charge in [-0.05, 0) is 12.5 Å². The summed E-state index contributed by atoms with van der Waals surface area (Å²) < 4.78 is 40.8. The van der Waals surface area contributed by atoms with Gasteiger partial charge in [-0.2, -0.15) is 18.2 Å². The van der Waals surface area contributed by atoms with Crippen molar-refractivity contribution in [3.63, 3.8) is 0 Å². The Morgan fingerprint density at radius 3 is 2.80 bits per heavy atom. The summed E-state index contributed by atoms with van der Waals surface area (Å²) in [5.41, 5.74) is 2.15. The highest BCUT2D eigenvalue weighted by Gasteiger charge is 2.26. The number of aryl methyl sites for hydroxylation is 1. The van der Waals surface area contributed by atoms with Crippen LogP contribution in [0.15, 0.2) is 28.8 Å². The summed E-state index contributed by atoms with van der Waals surface area (Å²) in [6.07, 6.45) is -3.76. The Kier molecular flexibility index (Phi) is 4.39. The van der Waals surface area contributed by atoms with Gasteiger partial charge >= 0.3 is 6.18 Å². The smallest absolute Gasteiger partial charge is 0.338 e. The maximum Gasteiger partial charge on any atom is 0.401 e. The zero-order chi connectivity index (χ0) is 14.6. The molecule has 20 heavy (non-hydrogen) atoms. The van der Waals surface area contributed by atoms with Crippen molar-refractivity contribution in [2.24, 2.45) is 0 Å². The maximum atomic E-state index is 12.0. The molecule has 0 spiro atoms. The fourth-order valence-corrected chi connectivity index (χ4v) is 1.75. The number of nitrogens with one attached hydrogen (secondary N) is 1. The van der Waals surface area contributed by atoms with Gasteiger partial charge in [0.1, 0.15) is 0 Å². The van der Waals surface area contributed by atoms with E-state index in [0.717, 1.165) is 11.1 Å². The lowest BCUT2D eigenvalue weighted by molar-refractivity contribution is -0.125. The lowest BCUT2D eigenvalue weighted by Gasteiger charge is -2.05. The van der Waals surface area contributed by atoms with Crippen molar-refractivity contribution in [2.75, 3.05) is 6.54 Å². The molecule has 4 nitrogen and oxygen atoms in total. The standard InChI is InChI=1S/C13H14F3N3O/c1-9-3-2-4-10(5-9)6-11-18-12(20-19-11)7-17-8-13(14,15)16/h2-5,17H,6-8H2,1H3. The van der Waals surface area contributed by atoms with Crippen molar-refractivity contribution in [3.8, 4) is 0 Å². The predicted molar refractivity (Wildman–Crippen MR) is 66.0 cm³/mol. The highest BCUT2D eigenvalue weighted by atomic mass is 19.4. The van der Waals surface area contributed by atoms with Gasteiger partial charge in [0, 0.05) is 6.42 Å². The highest BCUT2D eigenvalue weighted by molar-refractivity contribution is 5.24. The number of halogens is 3. The molecule has 0 unspecified atom stereocenters. The van der Waals surface area contributed by atoms with Crippen LogP contribution in [0.2, 0.25) is 0 Å². The second-order valence-electron chi connectivity index (χ2n) is 4.49. The molecule has 0 aliphatic rings. The van der Waals surface area contributed by atoms with Crippen molar-refractivity contribution in [2.45, 2.75) is 26.1 Å². The molecule has 108 valence electrons. The molecule has 2 rings (SSSR count). The van der Waals surface area contributed by atoms with Gasteiger partial charge in [0.15, 0.2) is 5.82 Å². The third kappa shape index (κ3) is 4.65. The minimum atomic E-state index is -4.25. The van der Waals surface area contributed by atoms with Crippen LogP contribution in [0.3, 0.4) is 0 Å². The van der Waals surface area contributed by atoms with Crippen molar-refractivity contribution in [3.05, 3.63) is 47.1 Å². The van der Waals surface area contributed by atoms with Crippen LogP contribution in [0.25, 0.3) is 0 Å². The van der Waals surface area contributed by atoms with E-state index >= 15 is 0 Å². The fourth-order valence-electron chi connectivity index (χ4n) is 1.75. The van der Waals surface area contributed by atoms with E-state index in [1.807, 2.05) is 31.2 Å². The van der Waals surface area contributed by atoms with E-state index in [-0.39, 0.29) is 12.4 Å². The second-order valence-corrected chi connectivity index (χ2v) is 4.49. The topological polar surface area (TPSA) is 51.0 Å². The molecule has 0 saturated heterocycles. The molecule has 0 atom stereocenters. The minimum absolute atomic E-state index is 0.0969. The largest absolute Gasteiger partial charge is 0.401 e. The fraction of sp³-hybridized carbons (Fsp3) is 0.385. The molecule has 0 aliphatic heterocycles. The van der Waals surface area contributed by atoms with Gasteiger partial charge in [-0.3, -0.25) is 0 Å². The molecule has 1 N–H and O–H groups in total. The lowest BCUT2D eigenvalue weighted by Crippen LogP contribution is -2.28. The summed E-state index contributed by atoms with van der Waals surface area (Å²) in [6.45, 7) is 0.801. The molecule has 0 amide bonds. The zero-order valence-electron chi connectivity index (χ0n) is 10.9. The van der Waals surface area contributed by atoms with Gasteiger partial charge in [0.05, 0.1) is 13.1 Å². The average molecular weight is 285 g/mol. The van der Waals surface area contributed by atoms with E-state index in [1.165, 1.54) is 0 Å². The molecule has 0 radical (unpaired) electrons. The second kappa shape index (κ2) is 6.04. The molecule has 1 aromatic carbocycles. The number of rotatable bonds is 5. The molecule has 0 bridgehead atoms. The quantitative estimate of drug-likeness (QED) is 0.917. The summed E-state index contributed by atoms with van der Waals surface area (Å²) >= 11 is 0. The van der Waals surface area contributed by atoms with Gasteiger partial charge in [0.2, 0.25) is 5.89 Å². The summed E-state index contributed by atoms with van der Waals surface area (Å²) in [7, 11) is 0. The first-order valence-electron chi connectivity index (χ1n) is 6.07. The maximum absolute atomic E-state index is 12.0. The Bertz CT molecular complexity index is 566. The van der Waals surface area contributed by atoms with Gasteiger partial charge in [-0.1, -0.05) is 35.0 Å². The Hall–Kier alpha value is -1.89. The van der Waals surface area contributed by atoms with E-state index in [2.05, 4.69) is 15.5 Å². The normalized spacial score (nSPS) is 11.8. The summed E-state index contributed by atoms with van der Waals surface area (Å²) in [5, 5.41) is 5.96. The van der Waals surface area contributed by atoms with Gasteiger partial charge < -0.3 is 9.84 Å². The van der Waals surface area contributed by atoms with Crippen LogP contribution < -0.4 is 5.32 Å². The zero-order valence-corrected chi connectivity index (χ0v) is 10.9. The molecule has 0 fully saturated rings. The van der Waals surface area contributed by atoms with Gasteiger partial charge in [-0.25, -0.2) is 0 Å². The van der Waals surface area contributed by atoms with E-state index in [1.54, 1.807) is 0 Å². The van der Waals surface area contributed by atoms with Crippen LogP contribution in [-0.2, 0) is 13.0 Å². The summed E-state index contributed by atoms with van der Waals surface area (Å²) in [5.74, 6) is 0.608. The van der Waals surface area contributed by atoms with Crippen molar-refractivity contribution >= 4 is 0 Å². The summed E-state index contributed by atoms with van der Waals surface area (Å²) in [6, 6.07) is 7.84. The SMILES string of the molecule is Cc1cccc(Cc2noc(CNCC(F)(F)F)n2)c1. The minimum Gasteiger partial charge on any atom is -0.338 e. The highest BCUT2D eigenvalue weighted by Crippen LogP contribution is 2.13. The van der Waals surface area contributed by atoms with Crippen LogP contribution in [0.5, 0.6) is 0 Å². The van der Waals surface area contributed by atoms with Crippen LogP contribution in [0.1, 0.15) is 22.8 Å². The van der Waals surface area contributed by atoms with E-state index in [9.17, 15) is 13.2 Å². The van der Waals surface area contributed by atoms with Crippen LogP contribution in [-0.4, -0.2) is 22.9 Å². The van der Waals surface area contributed by atoms with Crippen molar-refractivity contribution in [1.82, 2.24) is 15.5 Å². The third-order valence-corrected chi connectivity index (χ3v) is 2.56.